The summed E-state index contributed by atoms with van der Waals surface area (Å²) in [4.78, 5) is 16.2. The molecule has 3 aromatic rings. The lowest BCUT2D eigenvalue weighted by Crippen LogP contribution is -2.13. The Morgan fingerprint density at radius 2 is 1.73 bits per heavy atom. The second kappa shape index (κ2) is 7.40. The molecule has 1 amide bonds. The third-order valence-corrected chi connectivity index (χ3v) is 3.48. The van der Waals surface area contributed by atoms with Gasteiger partial charge >= 0.3 is 0 Å². The summed E-state index contributed by atoms with van der Waals surface area (Å²) in [6.45, 7) is 0. The molecular weight excluding hydrogens is 338 g/mol. The normalized spacial score (nSPS) is 10.0. The Balaban J connectivity index is 1.68. The summed E-state index contributed by atoms with van der Waals surface area (Å²) in [7, 11) is 0. The second-order valence-electron chi connectivity index (χ2n) is 5.32. The van der Waals surface area contributed by atoms with Crippen LogP contribution in [-0.2, 0) is 0 Å². The Morgan fingerprint density at radius 3 is 2.35 bits per heavy atom. The van der Waals surface area contributed by atoms with Gasteiger partial charge < -0.3 is 10.6 Å². The van der Waals surface area contributed by atoms with Crippen LogP contribution < -0.4 is 10.6 Å². The van der Waals surface area contributed by atoms with Gasteiger partial charge in [0.15, 0.2) is 0 Å². The molecule has 0 saturated carbocycles. The number of nitrogens with one attached hydrogen (secondary N) is 2. The van der Waals surface area contributed by atoms with Crippen LogP contribution in [0.2, 0.25) is 0 Å². The van der Waals surface area contributed by atoms with Gasteiger partial charge in [0, 0.05) is 11.8 Å². The molecule has 0 aliphatic carbocycles. The Kier molecular flexibility index (Phi) is 4.85. The van der Waals surface area contributed by atoms with Gasteiger partial charge in [0.1, 0.15) is 17.3 Å². The Morgan fingerprint density at radius 1 is 1.00 bits per heavy atom. The summed E-state index contributed by atoms with van der Waals surface area (Å²) in [5, 5.41) is 14.2. The monoisotopic (exact) mass is 350 g/mol. The highest BCUT2D eigenvalue weighted by molar-refractivity contribution is 6.03. The van der Waals surface area contributed by atoms with Crippen LogP contribution in [0.3, 0.4) is 0 Å². The predicted molar refractivity (Wildman–Crippen MR) is 93.0 cm³/mol. The zero-order valence-corrected chi connectivity index (χ0v) is 13.3. The molecule has 3 rings (SSSR count). The lowest BCUT2D eigenvalue weighted by atomic mass is 10.2. The van der Waals surface area contributed by atoms with Gasteiger partial charge in [-0.3, -0.25) is 4.79 Å². The second-order valence-corrected chi connectivity index (χ2v) is 5.32. The summed E-state index contributed by atoms with van der Waals surface area (Å²) >= 11 is 0. The molecule has 7 heteroatoms. The van der Waals surface area contributed by atoms with Crippen molar-refractivity contribution in [1.29, 1.82) is 5.26 Å². The first kappa shape index (κ1) is 17.0. The number of aromatic nitrogens is 1. The molecular formula is C19H12F2N4O. The highest BCUT2D eigenvalue weighted by Crippen LogP contribution is 2.20. The fourth-order valence-corrected chi connectivity index (χ4v) is 2.17. The van der Waals surface area contributed by atoms with Crippen molar-refractivity contribution in [1.82, 2.24) is 4.98 Å². The maximum absolute atomic E-state index is 13.6. The molecule has 2 N–H and O–H groups in total. The fraction of sp³-hybridized carbons (Fsp3) is 0. The number of rotatable bonds is 4. The number of hydrogen-bond acceptors (Lipinski definition) is 4. The van der Waals surface area contributed by atoms with Crippen molar-refractivity contribution in [2.24, 2.45) is 0 Å². The quantitative estimate of drug-likeness (QED) is 0.738. The Bertz CT molecular complexity index is 980. The van der Waals surface area contributed by atoms with E-state index in [1.54, 1.807) is 30.3 Å². The molecule has 0 atom stereocenters. The maximum Gasteiger partial charge on any atom is 0.274 e. The van der Waals surface area contributed by atoms with E-state index in [1.165, 1.54) is 18.3 Å². The van der Waals surface area contributed by atoms with Crippen LogP contribution in [0.25, 0.3) is 0 Å². The number of pyridine rings is 1. The summed E-state index contributed by atoms with van der Waals surface area (Å²) in [6.07, 6.45) is 1.37. The van der Waals surface area contributed by atoms with Crippen LogP contribution >= 0.6 is 0 Å². The minimum Gasteiger partial charge on any atom is -0.352 e. The summed E-state index contributed by atoms with van der Waals surface area (Å²) in [5.74, 6) is -1.82. The number of carbonyl (C=O) groups is 1. The van der Waals surface area contributed by atoms with Gasteiger partial charge in [-0.15, -0.1) is 0 Å². The van der Waals surface area contributed by atoms with Gasteiger partial charge in [-0.1, -0.05) is 0 Å². The van der Waals surface area contributed by atoms with Gasteiger partial charge in [0.05, 0.1) is 29.2 Å². The van der Waals surface area contributed by atoms with Crippen molar-refractivity contribution < 1.29 is 13.6 Å². The Hall–Kier alpha value is -3.79. The van der Waals surface area contributed by atoms with E-state index in [9.17, 15) is 13.6 Å². The van der Waals surface area contributed by atoms with Crippen molar-refractivity contribution >= 4 is 23.0 Å². The molecule has 128 valence electrons. The lowest BCUT2D eigenvalue weighted by Gasteiger charge is -2.08. The topological polar surface area (TPSA) is 77.8 Å². The van der Waals surface area contributed by atoms with Gasteiger partial charge in [0.2, 0.25) is 0 Å². The first-order chi connectivity index (χ1) is 12.5. The summed E-state index contributed by atoms with van der Waals surface area (Å²) in [5.41, 5.74) is 1.74. The van der Waals surface area contributed by atoms with Crippen LogP contribution in [0.15, 0.2) is 60.8 Å². The molecule has 0 fully saturated rings. The van der Waals surface area contributed by atoms with E-state index in [1.807, 2.05) is 6.07 Å². The van der Waals surface area contributed by atoms with Crippen molar-refractivity contribution in [3.05, 3.63) is 83.7 Å². The largest absolute Gasteiger partial charge is 0.352 e. The molecule has 1 heterocycles. The third-order valence-electron chi connectivity index (χ3n) is 3.48. The standard InChI is InChI=1S/C19H12F2N4O/c20-13-3-7-17(16(21)9-13)24-15-6-8-18(23-11-15)19(26)25-14-4-1-12(10-22)2-5-14/h1-9,11,24H,(H,25,26). The summed E-state index contributed by atoms with van der Waals surface area (Å²) in [6, 6.07) is 14.6. The van der Waals surface area contributed by atoms with E-state index < -0.39 is 17.5 Å². The minimum absolute atomic E-state index is 0.1000. The summed E-state index contributed by atoms with van der Waals surface area (Å²) < 4.78 is 26.5. The molecule has 26 heavy (non-hydrogen) atoms. The number of carbonyl (C=O) groups excluding carboxylic acids is 1. The van der Waals surface area contributed by atoms with Crippen LogP contribution in [0.5, 0.6) is 0 Å². The molecule has 0 saturated heterocycles. The maximum atomic E-state index is 13.6. The number of nitrogens with zero attached hydrogens (tertiary/aromatic N) is 2. The fourth-order valence-electron chi connectivity index (χ4n) is 2.17. The van der Waals surface area contributed by atoms with Crippen LogP contribution in [0, 0.1) is 23.0 Å². The molecule has 0 spiro atoms. The zero-order valence-electron chi connectivity index (χ0n) is 13.3. The van der Waals surface area contributed by atoms with Crippen molar-refractivity contribution in [3.8, 4) is 6.07 Å². The number of halogens is 2. The SMILES string of the molecule is N#Cc1ccc(NC(=O)c2ccc(Nc3ccc(F)cc3F)cn2)cc1. The molecule has 0 unspecified atom stereocenters. The number of anilines is 3. The molecule has 0 bridgehead atoms. The van der Waals surface area contributed by atoms with Crippen molar-refractivity contribution in [2.75, 3.05) is 10.6 Å². The average molecular weight is 350 g/mol. The Labute approximate surface area is 147 Å². The molecule has 1 aromatic heterocycles. The van der Waals surface area contributed by atoms with Crippen LogP contribution in [-0.4, -0.2) is 10.9 Å². The molecule has 2 aromatic carbocycles. The number of amides is 1. The van der Waals surface area contributed by atoms with E-state index in [4.69, 9.17) is 5.26 Å². The highest BCUT2D eigenvalue weighted by atomic mass is 19.1. The zero-order chi connectivity index (χ0) is 18.5. The smallest absolute Gasteiger partial charge is 0.274 e. The van der Waals surface area contributed by atoms with Gasteiger partial charge in [0.25, 0.3) is 5.91 Å². The average Bonchev–Trinajstić information content (AvgIpc) is 2.65. The van der Waals surface area contributed by atoms with Crippen molar-refractivity contribution in [3.63, 3.8) is 0 Å². The highest BCUT2D eigenvalue weighted by Gasteiger charge is 2.09. The van der Waals surface area contributed by atoms with E-state index in [0.717, 1.165) is 12.1 Å². The number of hydrogen-bond donors (Lipinski definition) is 2. The lowest BCUT2D eigenvalue weighted by molar-refractivity contribution is 0.102. The minimum atomic E-state index is -0.729. The van der Waals surface area contributed by atoms with E-state index in [0.29, 0.717) is 16.9 Å². The van der Waals surface area contributed by atoms with Gasteiger partial charge in [-0.2, -0.15) is 5.26 Å². The van der Waals surface area contributed by atoms with Gasteiger partial charge in [-0.05, 0) is 48.5 Å². The van der Waals surface area contributed by atoms with Crippen molar-refractivity contribution in [2.45, 2.75) is 0 Å². The van der Waals surface area contributed by atoms with E-state index in [-0.39, 0.29) is 11.4 Å². The molecule has 0 aliphatic rings. The molecule has 0 radical (unpaired) electrons. The van der Waals surface area contributed by atoms with Gasteiger partial charge in [-0.25, -0.2) is 13.8 Å². The molecule has 0 aliphatic heterocycles. The number of benzene rings is 2. The van der Waals surface area contributed by atoms with E-state index in [2.05, 4.69) is 15.6 Å². The first-order valence-corrected chi connectivity index (χ1v) is 7.55. The van der Waals surface area contributed by atoms with Crippen LogP contribution in [0.4, 0.5) is 25.8 Å². The number of nitriles is 1. The first-order valence-electron chi connectivity index (χ1n) is 7.55. The molecule has 5 nitrogen and oxygen atoms in total. The third kappa shape index (κ3) is 3.99. The predicted octanol–water partition coefficient (Wildman–Crippen LogP) is 4.23. The van der Waals surface area contributed by atoms with E-state index >= 15 is 0 Å². The van der Waals surface area contributed by atoms with Crippen LogP contribution in [0.1, 0.15) is 16.1 Å².